The summed E-state index contributed by atoms with van der Waals surface area (Å²) in [6.45, 7) is 4.01. The molecule has 0 atom stereocenters. The minimum absolute atomic E-state index is 0.0162. The lowest BCUT2D eigenvalue weighted by Gasteiger charge is -2.05. The number of benzene rings is 1. The van der Waals surface area contributed by atoms with Crippen molar-refractivity contribution in [3.63, 3.8) is 0 Å². The maximum Gasteiger partial charge on any atom is 0.203 e. The normalized spacial score (nSPS) is 10.5. The number of Topliss-reactive ketones (excluding diaryl/α,β-unsaturated/α-hetero) is 1. The predicted octanol–water partition coefficient (Wildman–Crippen LogP) is 3.98. The zero-order chi connectivity index (χ0) is 12.4. The Morgan fingerprint density at radius 2 is 2.06 bits per heavy atom. The Kier molecular flexibility index (Phi) is 3.34. The summed E-state index contributed by atoms with van der Waals surface area (Å²) in [7, 11) is 0. The lowest BCUT2D eigenvalue weighted by molar-refractivity contribution is 0.0992. The number of hydrogen-bond donors (Lipinski definition) is 0. The zero-order valence-electron chi connectivity index (χ0n) is 9.79. The summed E-state index contributed by atoms with van der Waals surface area (Å²) in [6, 6.07) is 7.69. The van der Waals surface area contributed by atoms with E-state index in [1.54, 1.807) is 6.07 Å². The molecule has 2 rings (SSSR count). The third-order valence-electron chi connectivity index (χ3n) is 2.77. The van der Waals surface area contributed by atoms with E-state index >= 15 is 0 Å². The Morgan fingerprint density at radius 3 is 2.71 bits per heavy atom. The first-order chi connectivity index (χ1) is 8.08. The number of furan rings is 1. The van der Waals surface area contributed by atoms with Gasteiger partial charge in [0.1, 0.15) is 0 Å². The third kappa shape index (κ3) is 2.59. The highest BCUT2D eigenvalue weighted by Crippen LogP contribution is 2.20. The molecule has 0 amide bonds. The van der Waals surface area contributed by atoms with Crippen LogP contribution in [0.1, 0.15) is 27.0 Å². The summed E-state index contributed by atoms with van der Waals surface area (Å²) in [4.78, 5) is 12.0. The lowest BCUT2D eigenvalue weighted by atomic mass is 9.99. The summed E-state index contributed by atoms with van der Waals surface area (Å²) in [6.07, 6.45) is 1.78. The molecule has 3 heteroatoms. The van der Waals surface area contributed by atoms with Gasteiger partial charge in [-0.15, -0.1) is 0 Å². The highest BCUT2D eigenvalue weighted by Gasteiger charge is 2.14. The topological polar surface area (TPSA) is 30.2 Å². The minimum Gasteiger partial charge on any atom is -0.452 e. The van der Waals surface area contributed by atoms with Gasteiger partial charge in [0.2, 0.25) is 5.22 Å². The van der Waals surface area contributed by atoms with Crippen molar-refractivity contribution in [3.05, 3.63) is 58.0 Å². The summed E-state index contributed by atoms with van der Waals surface area (Å²) in [5, 5.41) is 0.167. The maximum atomic E-state index is 12.0. The second-order valence-electron chi connectivity index (χ2n) is 4.14. The van der Waals surface area contributed by atoms with Gasteiger partial charge >= 0.3 is 0 Å². The molecule has 2 aromatic rings. The highest BCUT2D eigenvalue weighted by atomic mass is 35.5. The molecule has 0 spiro atoms. The molecule has 1 aromatic carbocycles. The fourth-order valence-electron chi connectivity index (χ4n) is 1.75. The molecule has 0 saturated heterocycles. The number of ketones is 1. The van der Waals surface area contributed by atoms with Crippen LogP contribution in [0.15, 0.2) is 34.9 Å². The maximum absolute atomic E-state index is 12.0. The Morgan fingerprint density at radius 1 is 1.29 bits per heavy atom. The summed E-state index contributed by atoms with van der Waals surface area (Å²) >= 11 is 5.78. The van der Waals surface area contributed by atoms with Crippen molar-refractivity contribution in [2.24, 2.45) is 0 Å². The Hall–Kier alpha value is -1.54. The summed E-state index contributed by atoms with van der Waals surface area (Å²) in [5.74, 6) is -0.0162. The van der Waals surface area contributed by atoms with Crippen molar-refractivity contribution in [1.29, 1.82) is 0 Å². The molecule has 88 valence electrons. The molecule has 0 N–H and O–H groups in total. The Labute approximate surface area is 105 Å². The molecule has 0 saturated carbocycles. The van der Waals surface area contributed by atoms with Crippen molar-refractivity contribution in [2.45, 2.75) is 20.3 Å². The molecule has 0 unspecified atom stereocenters. The van der Waals surface area contributed by atoms with Gasteiger partial charge in [-0.1, -0.05) is 23.8 Å². The van der Waals surface area contributed by atoms with Gasteiger partial charge in [-0.25, -0.2) is 0 Å². The first kappa shape index (κ1) is 11.9. The highest BCUT2D eigenvalue weighted by molar-refractivity contribution is 6.32. The van der Waals surface area contributed by atoms with E-state index in [1.165, 1.54) is 6.26 Å². The Bertz CT molecular complexity index is 555. The molecule has 0 aliphatic rings. The molecular weight excluding hydrogens is 236 g/mol. The standard InChI is InChI=1S/C14H13ClO2/c1-9-3-4-10(2)11(7-9)8-13(16)12-5-6-17-14(12)15/h3-7H,8H2,1-2H3. The van der Waals surface area contributed by atoms with Crippen molar-refractivity contribution in [1.82, 2.24) is 0 Å². The molecule has 0 radical (unpaired) electrons. The van der Waals surface area contributed by atoms with Gasteiger partial charge in [-0.3, -0.25) is 4.79 Å². The van der Waals surface area contributed by atoms with Crippen LogP contribution in [0.2, 0.25) is 5.22 Å². The quantitative estimate of drug-likeness (QED) is 0.770. The van der Waals surface area contributed by atoms with Crippen LogP contribution < -0.4 is 0 Å². The van der Waals surface area contributed by atoms with E-state index in [9.17, 15) is 4.79 Å². The van der Waals surface area contributed by atoms with Crippen LogP contribution in [0.3, 0.4) is 0 Å². The van der Waals surface area contributed by atoms with Gasteiger partial charge in [0, 0.05) is 6.42 Å². The van der Waals surface area contributed by atoms with Crippen LogP contribution >= 0.6 is 11.6 Å². The molecule has 0 aliphatic carbocycles. The van der Waals surface area contributed by atoms with Crippen LogP contribution in [0.4, 0.5) is 0 Å². The Balaban J connectivity index is 2.24. The van der Waals surface area contributed by atoms with Gasteiger partial charge in [0.05, 0.1) is 11.8 Å². The van der Waals surface area contributed by atoms with Gasteiger partial charge in [-0.05, 0) is 42.6 Å². The smallest absolute Gasteiger partial charge is 0.203 e. The number of halogens is 1. The van der Waals surface area contributed by atoms with Crippen LogP contribution in [0.5, 0.6) is 0 Å². The van der Waals surface area contributed by atoms with E-state index in [-0.39, 0.29) is 11.0 Å². The molecule has 17 heavy (non-hydrogen) atoms. The average Bonchev–Trinajstić information content (AvgIpc) is 2.70. The molecule has 0 fully saturated rings. The third-order valence-corrected chi connectivity index (χ3v) is 3.07. The lowest BCUT2D eigenvalue weighted by Crippen LogP contribution is -2.04. The van der Waals surface area contributed by atoms with Crippen LogP contribution in [0, 0.1) is 13.8 Å². The fourth-order valence-corrected chi connectivity index (χ4v) is 1.97. The second kappa shape index (κ2) is 4.76. The van der Waals surface area contributed by atoms with E-state index in [1.807, 2.05) is 32.0 Å². The number of rotatable bonds is 3. The van der Waals surface area contributed by atoms with E-state index < -0.39 is 0 Å². The second-order valence-corrected chi connectivity index (χ2v) is 4.48. The van der Waals surface area contributed by atoms with Crippen molar-refractivity contribution in [2.75, 3.05) is 0 Å². The zero-order valence-corrected chi connectivity index (χ0v) is 10.5. The van der Waals surface area contributed by atoms with E-state index in [0.29, 0.717) is 12.0 Å². The molecular formula is C14H13ClO2. The van der Waals surface area contributed by atoms with Gasteiger partial charge < -0.3 is 4.42 Å². The first-order valence-electron chi connectivity index (χ1n) is 5.40. The molecule has 0 aliphatic heterocycles. The van der Waals surface area contributed by atoms with E-state index in [2.05, 4.69) is 0 Å². The van der Waals surface area contributed by atoms with E-state index in [4.69, 9.17) is 16.0 Å². The largest absolute Gasteiger partial charge is 0.452 e. The predicted molar refractivity (Wildman–Crippen MR) is 67.7 cm³/mol. The van der Waals surface area contributed by atoms with Crippen LogP contribution in [-0.4, -0.2) is 5.78 Å². The molecule has 1 aromatic heterocycles. The SMILES string of the molecule is Cc1ccc(C)c(CC(=O)c2ccoc2Cl)c1. The summed E-state index contributed by atoms with van der Waals surface area (Å²) < 4.78 is 4.92. The molecule has 1 heterocycles. The first-order valence-corrected chi connectivity index (χ1v) is 5.78. The van der Waals surface area contributed by atoms with Crippen LogP contribution in [0.25, 0.3) is 0 Å². The number of carbonyl (C=O) groups is 1. The molecule has 0 bridgehead atoms. The monoisotopic (exact) mass is 248 g/mol. The van der Waals surface area contributed by atoms with Crippen molar-refractivity contribution < 1.29 is 9.21 Å². The van der Waals surface area contributed by atoms with Crippen molar-refractivity contribution in [3.8, 4) is 0 Å². The minimum atomic E-state index is -0.0162. The number of hydrogen-bond acceptors (Lipinski definition) is 2. The number of aryl methyl sites for hydroxylation is 2. The average molecular weight is 249 g/mol. The van der Waals surface area contributed by atoms with Gasteiger partial charge in [0.15, 0.2) is 5.78 Å². The van der Waals surface area contributed by atoms with E-state index in [0.717, 1.165) is 16.7 Å². The summed E-state index contributed by atoms with van der Waals surface area (Å²) in [5.41, 5.74) is 3.75. The van der Waals surface area contributed by atoms with Crippen LogP contribution in [-0.2, 0) is 6.42 Å². The number of carbonyl (C=O) groups excluding carboxylic acids is 1. The van der Waals surface area contributed by atoms with Gasteiger partial charge in [0.25, 0.3) is 0 Å². The van der Waals surface area contributed by atoms with Gasteiger partial charge in [-0.2, -0.15) is 0 Å². The fraction of sp³-hybridized carbons (Fsp3) is 0.214. The molecule has 2 nitrogen and oxygen atoms in total. The van der Waals surface area contributed by atoms with Crippen molar-refractivity contribution >= 4 is 17.4 Å².